The first-order chi connectivity index (χ1) is 11.1. The number of hydrogen-bond donors (Lipinski definition) is 1. The maximum Gasteiger partial charge on any atom is 0.228 e. The largest absolute Gasteiger partial charge is 0.323 e. The predicted octanol–water partition coefficient (Wildman–Crippen LogP) is 3.41. The van der Waals surface area contributed by atoms with Crippen LogP contribution in [0.5, 0.6) is 0 Å². The molecule has 3 aromatic rings. The topological polar surface area (TPSA) is 59.8 Å². The second-order valence-electron chi connectivity index (χ2n) is 5.16. The summed E-state index contributed by atoms with van der Waals surface area (Å²) >= 11 is 6.14. The summed E-state index contributed by atoms with van der Waals surface area (Å²) in [7, 11) is 0. The molecule has 0 atom stereocenters. The molecule has 1 amide bonds. The van der Waals surface area contributed by atoms with Crippen molar-refractivity contribution in [3.05, 3.63) is 71.3 Å². The lowest BCUT2D eigenvalue weighted by Crippen LogP contribution is -2.14. The van der Waals surface area contributed by atoms with Gasteiger partial charge in [0, 0.05) is 11.9 Å². The standard InChI is InChI=1S/C17H15ClN4O/c1-12-6-7-13(9-19-12)8-17(23)21-14-10-20-22(11-14)16-5-3-2-4-15(16)18/h2-7,9-11H,8H2,1H3,(H,21,23). The van der Waals surface area contributed by atoms with Gasteiger partial charge < -0.3 is 5.32 Å². The normalized spacial score (nSPS) is 10.5. The van der Waals surface area contributed by atoms with E-state index in [4.69, 9.17) is 11.6 Å². The van der Waals surface area contributed by atoms with E-state index in [0.29, 0.717) is 10.7 Å². The highest BCUT2D eigenvalue weighted by Crippen LogP contribution is 2.20. The average Bonchev–Trinajstić information content (AvgIpc) is 2.98. The van der Waals surface area contributed by atoms with Gasteiger partial charge in [0.25, 0.3) is 0 Å². The predicted molar refractivity (Wildman–Crippen MR) is 89.9 cm³/mol. The summed E-state index contributed by atoms with van der Waals surface area (Å²) < 4.78 is 1.63. The van der Waals surface area contributed by atoms with Gasteiger partial charge in [0.15, 0.2) is 0 Å². The molecule has 0 aliphatic carbocycles. The number of halogens is 1. The van der Waals surface area contributed by atoms with Crippen molar-refractivity contribution in [1.82, 2.24) is 14.8 Å². The van der Waals surface area contributed by atoms with Gasteiger partial charge in [0.05, 0.1) is 35.2 Å². The number of carbonyl (C=O) groups excluding carboxylic acids is 1. The molecule has 1 aromatic carbocycles. The Hall–Kier alpha value is -2.66. The minimum Gasteiger partial charge on any atom is -0.323 e. The minimum absolute atomic E-state index is 0.116. The molecule has 0 fully saturated rings. The number of nitrogens with zero attached hydrogens (tertiary/aromatic N) is 3. The molecule has 0 bridgehead atoms. The third-order valence-corrected chi connectivity index (χ3v) is 3.62. The lowest BCUT2D eigenvalue weighted by molar-refractivity contribution is -0.115. The first-order valence-electron chi connectivity index (χ1n) is 7.13. The van der Waals surface area contributed by atoms with Gasteiger partial charge in [-0.15, -0.1) is 0 Å². The molecule has 2 aromatic heterocycles. The number of anilines is 1. The Morgan fingerprint density at radius 2 is 2.04 bits per heavy atom. The molecule has 0 saturated heterocycles. The van der Waals surface area contributed by atoms with E-state index in [-0.39, 0.29) is 12.3 Å². The highest BCUT2D eigenvalue weighted by molar-refractivity contribution is 6.32. The van der Waals surface area contributed by atoms with Crippen LogP contribution in [0, 0.1) is 6.92 Å². The van der Waals surface area contributed by atoms with Crippen molar-refractivity contribution in [2.45, 2.75) is 13.3 Å². The van der Waals surface area contributed by atoms with Gasteiger partial charge >= 0.3 is 0 Å². The van der Waals surface area contributed by atoms with Gasteiger partial charge in [0.1, 0.15) is 0 Å². The van der Waals surface area contributed by atoms with Crippen LogP contribution in [0.4, 0.5) is 5.69 Å². The van der Waals surface area contributed by atoms with E-state index in [1.807, 2.05) is 37.3 Å². The molecule has 6 heteroatoms. The van der Waals surface area contributed by atoms with E-state index in [9.17, 15) is 4.79 Å². The van der Waals surface area contributed by atoms with Crippen LogP contribution in [-0.2, 0) is 11.2 Å². The highest BCUT2D eigenvalue weighted by Gasteiger charge is 2.08. The van der Waals surface area contributed by atoms with Crippen molar-refractivity contribution in [3.63, 3.8) is 0 Å². The quantitative estimate of drug-likeness (QED) is 0.799. The molecule has 0 aliphatic rings. The fraction of sp³-hybridized carbons (Fsp3) is 0.118. The number of rotatable bonds is 4. The van der Waals surface area contributed by atoms with E-state index in [1.165, 1.54) is 0 Å². The van der Waals surface area contributed by atoms with Crippen molar-refractivity contribution in [2.75, 3.05) is 5.32 Å². The number of pyridine rings is 1. The molecule has 3 rings (SSSR count). The average molecular weight is 327 g/mol. The lowest BCUT2D eigenvalue weighted by Gasteiger charge is -2.04. The van der Waals surface area contributed by atoms with E-state index in [1.54, 1.807) is 29.3 Å². The van der Waals surface area contributed by atoms with Gasteiger partial charge in [-0.25, -0.2) is 4.68 Å². The van der Waals surface area contributed by atoms with Crippen LogP contribution in [0.2, 0.25) is 5.02 Å². The van der Waals surface area contributed by atoms with E-state index < -0.39 is 0 Å². The summed E-state index contributed by atoms with van der Waals surface area (Å²) in [6, 6.07) is 11.2. The van der Waals surface area contributed by atoms with Crippen LogP contribution >= 0.6 is 11.6 Å². The summed E-state index contributed by atoms with van der Waals surface area (Å²) in [5, 5.41) is 7.64. The molecule has 0 spiro atoms. The summed E-state index contributed by atoms with van der Waals surface area (Å²) in [5.74, 6) is -0.116. The van der Waals surface area contributed by atoms with Crippen molar-refractivity contribution in [3.8, 4) is 5.69 Å². The first-order valence-corrected chi connectivity index (χ1v) is 7.50. The Labute approximate surface area is 138 Å². The summed E-state index contributed by atoms with van der Waals surface area (Å²) in [4.78, 5) is 16.3. The van der Waals surface area contributed by atoms with Crippen LogP contribution in [0.15, 0.2) is 55.0 Å². The van der Waals surface area contributed by atoms with Gasteiger partial charge in [-0.2, -0.15) is 5.10 Å². The van der Waals surface area contributed by atoms with Crippen LogP contribution in [0.25, 0.3) is 5.69 Å². The minimum atomic E-state index is -0.116. The Morgan fingerprint density at radius 3 is 2.78 bits per heavy atom. The number of amides is 1. The molecule has 0 saturated carbocycles. The number of para-hydroxylation sites is 1. The Bertz CT molecular complexity index is 827. The van der Waals surface area contributed by atoms with Crippen LogP contribution in [0.3, 0.4) is 0 Å². The van der Waals surface area contributed by atoms with Gasteiger partial charge in [0.2, 0.25) is 5.91 Å². The number of aromatic nitrogens is 3. The fourth-order valence-electron chi connectivity index (χ4n) is 2.15. The second-order valence-corrected chi connectivity index (χ2v) is 5.56. The number of hydrogen-bond acceptors (Lipinski definition) is 3. The Morgan fingerprint density at radius 1 is 1.22 bits per heavy atom. The zero-order chi connectivity index (χ0) is 16.2. The number of nitrogens with one attached hydrogen (secondary N) is 1. The Kier molecular flexibility index (Phi) is 4.39. The molecule has 2 heterocycles. The van der Waals surface area contributed by atoms with Gasteiger partial charge in [-0.05, 0) is 30.7 Å². The van der Waals surface area contributed by atoms with Crippen molar-refractivity contribution >= 4 is 23.2 Å². The van der Waals surface area contributed by atoms with Crippen molar-refractivity contribution in [1.29, 1.82) is 0 Å². The number of carbonyl (C=O) groups is 1. The maximum atomic E-state index is 12.1. The van der Waals surface area contributed by atoms with E-state index in [0.717, 1.165) is 16.9 Å². The molecule has 0 aliphatic heterocycles. The zero-order valence-electron chi connectivity index (χ0n) is 12.5. The molecular formula is C17H15ClN4O. The van der Waals surface area contributed by atoms with Crippen LogP contribution in [0.1, 0.15) is 11.3 Å². The molecule has 0 radical (unpaired) electrons. The van der Waals surface area contributed by atoms with E-state index >= 15 is 0 Å². The second kappa shape index (κ2) is 6.62. The fourth-order valence-corrected chi connectivity index (χ4v) is 2.37. The smallest absolute Gasteiger partial charge is 0.228 e. The Balaban J connectivity index is 1.68. The molecule has 1 N–H and O–H groups in total. The maximum absolute atomic E-state index is 12.1. The van der Waals surface area contributed by atoms with Crippen molar-refractivity contribution < 1.29 is 4.79 Å². The van der Waals surface area contributed by atoms with Crippen LogP contribution in [-0.4, -0.2) is 20.7 Å². The van der Waals surface area contributed by atoms with Gasteiger partial charge in [-0.1, -0.05) is 29.8 Å². The lowest BCUT2D eigenvalue weighted by atomic mass is 10.2. The third kappa shape index (κ3) is 3.76. The van der Waals surface area contributed by atoms with E-state index in [2.05, 4.69) is 15.4 Å². The zero-order valence-corrected chi connectivity index (χ0v) is 13.3. The molecule has 5 nitrogen and oxygen atoms in total. The third-order valence-electron chi connectivity index (χ3n) is 3.30. The number of aryl methyl sites for hydroxylation is 1. The summed E-state index contributed by atoms with van der Waals surface area (Å²) in [6.07, 6.45) is 5.30. The van der Waals surface area contributed by atoms with Crippen molar-refractivity contribution in [2.24, 2.45) is 0 Å². The molecule has 23 heavy (non-hydrogen) atoms. The molecular weight excluding hydrogens is 312 g/mol. The SMILES string of the molecule is Cc1ccc(CC(=O)Nc2cnn(-c3ccccc3Cl)c2)cn1. The first kappa shape index (κ1) is 15.2. The van der Waals surface area contributed by atoms with Crippen LogP contribution < -0.4 is 5.32 Å². The van der Waals surface area contributed by atoms with Gasteiger partial charge in [-0.3, -0.25) is 9.78 Å². The summed E-state index contributed by atoms with van der Waals surface area (Å²) in [5.41, 5.74) is 3.18. The summed E-state index contributed by atoms with van der Waals surface area (Å²) in [6.45, 7) is 1.91. The number of benzene rings is 1. The molecule has 116 valence electrons. The molecule has 0 unspecified atom stereocenters. The monoisotopic (exact) mass is 326 g/mol. The highest BCUT2D eigenvalue weighted by atomic mass is 35.5.